The number of amides is 1. The Hall–Kier alpha value is -2.32. The fourth-order valence-electron chi connectivity index (χ4n) is 1.22. The molecule has 9 heteroatoms. The molecule has 1 heterocycles. The monoisotopic (exact) mass is 306 g/mol. The first-order valence-corrected chi connectivity index (χ1v) is 5.85. The lowest BCUT2D eigenvalue weighted by Gasteiger charge is -2.10. The molecule has 0 fully saturated rings. The van der Waals surface area contributed by atoms with E-state index in [9.17, 15) is 22.8 Å². The van der Waals surface area contributed by atoms with Gasteiger partial charge in [-0.25, -0.2) is 4.98 Å². The molecule has 0 aliphatic heterocycles. The molecule has 1 aromatic heterocycles. The summed E-state index contributed by atoms with van der Waals surface area (Å²) in [6, 6.07) is 2.33. The molecule has 1 aromatic rings. The van der Waals surface area contributed by atoms with Crippen LogP contribution in [0.5, 0.6) is 5.88 Å². The van der Waals surface area contributed by atoms with Gasteiger partial charge in [-0.05, 0) is 6.07 Å². The summed E-state index contributed by atoms with van der Waals surface area (Å²) in [6.07, 6.45) is -3.38. The molecular weight excluding hydrogens is 293 g/mol. The molecule has 0 bridgehead atoms. The highest BCUT2D eigenvalue weighted by Gasteiger charge is 2.28. The number of carboxylic acid groups (broad SMARTS) is 1. The van der Waals surface area contributed by atoms with E-state index < -0.39 is 30.6 Å². The summed E-state index contributed by atoms with van der Waals surface area (Å²) < 4.78 is 40.4. The fraction of sp³-hybridized carbons (Fsp3) is 0.417. The Kier molecular flexibility index (Phi) is 5.51. The minimum Gasteiger partial charge on any atom is -0.481 e. The second-order valence-corrected chi connectivity index (χ2v) is 4.24. The van der Waals surface area contributed by atoms with Crippen molar-refractivity contribution in [3.8, 4) is 5.88 Å². The van der Waals surface area contributed by atoms with Crippen LogP contribution in [0.2, 0.25) is 0 Å². The van der Waals surface area contributed by atoms with Gasteiger partial charge in [0.25, 0.3) is 5.91 Å². The summed E-state index contributed by atoms with van der Waals surface area (Å²) in [5, 5.41) is 11.0. The van der Waals surface area contributed by atoms with Crippen LogP contribution in [-0.4, -0.2) is 41.3 Å². The van der Waals surface area contributed by atoms with Crippen LogP contribution in [0.4, 0.5) is 13.2 Å². The number of carbonyl (C=O) groups is 2. The fourth-order valence-corrected chi connectivity index (χ4v) is 1.22. The molecule has 21 heavy (non-hydrogen) atoms. The molecule has 1 rings (SSSR count). The van der Waals surface area contributed by atoms with E-state index in [4.69, 9.17) is 5.11 Å². The average molecular weight is 306 g/mol. The molecule has 2 N–H and O–H groups in total. The van der Waals surface area contributed by atoms with Crippen molar-refractivity contribution in [2.24, 2.45) is 5.92 Å². The number of rotatable bonds is 6. The van der Waals surface area contributed by atoms with Crippen molar-refractivity contribution >= 4 is 11.9 Å². The molecule has 0 radical (unpaired) electrons. The summed E-state index contributed by atoms with van der Waals surface area (Å²) in [6.45, 7) is -0.205. The molecule has 1 amide bonds. The maximum atomic E-state index is 12.0. The van der Waals surface area contributed by atoms with Crippen molar-refractivity contribution in [1.29, 1.82) is 0 Å². The molecule has 0 spiro atoms. The zero-order chi connectivity index (χ0) is 16.0. The van der Waals surface area contributed by atoms with Gasteiger partial charge in [-0.2, -0.15) is 13.2 Å². The van der Waals surface area contributed by atoms with Crippen LogP contribution in [0.3, 0.4) is 0 Å². The topological polar surface area (TPSA) is 88.5 Å². The predicted octanol–water partition coefficient (Wildman–Crippen LogP) is 1.47. The van der Waals surface area contributed by atoms with E-state index in [-0.39, 0.29) is 18.0 Å². The number of pyridine rings is 1. The van der Waals surface area contributed by atoms with E-state index in [1.807, 2.05) is 0 Å². The molecule has 0 saturated carbocycles. The van der Waals surface area contributed by atoms with E-state index >= 15 is 0 Å². The Morgan fingerprint density at radius 3 is 2.71 bits per heavy atom. The van der Waals surface area contributed by atoms with Gasteiger partial charge in [-0.3, -0.25) is 9.59 Å². The number of carboxylic acids is 1. The van der Waals surface area contributed by atoms with E-state index in [2.05, 4.69) is 15.0 Å². The van der Waals surface area contributed by atoms with E-state index in [0.29, 0.717) is 0 Å². The standard InChI is InChI=1S/C12H13F3N2O4/c1-7(11(19)20)5-17-10(18)8-2-3-16-9(4-8)21-6-12(13,14)15/h2-4,7H,5-6H2,1H3,(H,17,18)(H,19,20). The maximum absolute atomic E-state index is 12.0. The molecule has 1 unspecified atom stereocenters. The highest BCUT2D eigenvalue weighted by atomic mass is 19.4. The number of hydrogen-bond donors (Lipinski definition) is 2. The number of aromatic nitrogens is 1. The highest BCUT2D eigenvalue weighted by Crippen LogP contribution is 2.17. The third-order valence-corrected chi connectivity index (χ3v) is 2.37. The maximum Gasteiger partial charge on any atom is 0.422 e. The number of nitrogens with one attached hydrogen (secondary N) is 1. The Morgan fingerprint density at radius 2 is 2.14 bits per heavy atom. The number of nitrogens with zero attached hydrogens (tertiary/aromatic N) is 1. The molecule has 0 aromatic carbocycles. The number of alkyl halides is 3. The number of carbonyl (C=O) groups excluding carboxylic acids is 1. The Morgan fingerprint density at radius 1 is 1.48 bits per heavy atom. The Bertz CT molecular complexity index is 519. The van der Waals surface area contributed by atoms with Gasteiger partial charge in [-0.15, -0.1) is 0 Å². The van der Waals surface area contributed by atoms with Crippen molar-refractivity contribution < 1.29 is 32.6 Å². The first-order valence-electron chi connectivity index (χ1n) is 5.85. The summed E-state index contributed by atoms with van der Waals surface area (Å²) in [7, 11) is 0. The number of halogens is 3. The number of aliphatic carboxylic acids is 1. The van der Waals surface area contributed by atoms with E-state index in [1.54, 1.807) is 0 Å². The van der Waals surface area contributed by atoms with Gasteiger partial charge in [0.15, 0.2) is 6.61 Å². The van der Waals surface area contributed by atoms with Crippen LogP contribution in [0.1, 0.15) is 17.3 Å². The van der Waals surface area contributed by atoms with Gasteiger partial charge in [0.05, 0.1) is 5.92 Å². The van der Waals surface area contributed by atoms with Crippen LogP contribution in [0.25, 0.3) is 0 Å². The number of ether oxygens (including phenoxy) is 1. The van der Waals surface area contributed by atoms with Crippen molar-refractivity contribution in [2.75, 3.05) is 13.2 Å². The second kappa shape index (κ2) is 6.91. The molecule has 116 valence electrons. The van der Waals surface area contributed by atoms with Crippen molar-refractivity contribution in [2.45, 2.75) is 13.1 Å². The summed E-state index contributed by atoms with van der Waals surface area (Å²) in [4.78, 5) is 25.9. The third-order valence-electron chi connectivity index (χ3n) is 2.37. The minimum atomic E-state index is -4.50. The largest absolute Gasteiger partial charge is 0.481 e. The molecule has 1 atom stereocenters. The zero-order valence-electron chi connectivity index (χ0n) is 11.0. The van der Waals surface area contributed by atoms with Crippen LogP contribution in [-0.2, 0) is 4.79 Å². The second-order valence-electron chi connectivity index (χ2n) is 4.24. The lowest BCUT2D eigenvalue weighted by Crippen LogP contribution is -2.31. The zero-order valence-corrected chi connectivity index (χ0v) is 11.0. The summed E-state index contributed by atoms with van der Waals surface area (Å²) in [5.74, 6) is -2.82. The molecule has 0 aliphatic carbocycles. The summed E-state index contributed by atoms with van der Waals surface area (Å²) in [5.41, 5.74) is 0.0276. The smallest absolute Gasteiger partial charge is 0.422 e. The SMILES string of the molecule is CC(CNC(=O)c1ccnc(OCC(F)(F)F)c1)C(=O)O. The predicted molar refractivity (Wildman–Crippen MR) is 64.9 cm³/mol. The Balaban J connectivity index is 2.62. The van der Waals surface area contributed by atoms with Gasteiger partial charge >= 0.3 is 12.1 Å². The first kappa shape index (κ1) is 16.7. The van der Waals surface area contributed by atoms with Crippen LogP contribution in [0.15, 0.2) is 18.3 Å². The number of hydrogen-bond acceptors (Lipinski definition) is 4. The van der Waals surface area contributed by atoms with Gasteiger partial charge in [0, 0.05) is 24.4 Å². The van der Waals surface area contributed by atoms with Gasteiger partial charge in [-0.1, -0.05) is 6.92 Å². The molecule has 6 nitrogen and oxygen atoms in total. The quantitative estimate of drug-likeness (QED) is 0.831. The van der Waals surface area contributed by atoms with Crippen LogP contribution < -0.4 is 10.1 Å². The van der Waals surface area contributed by atoms with E-state index in [0.717, 1.165) is 12.3 Å². The average Bonchev–Trinajstić information content (AvgIpc) is 2.41. The van der Waals surface area contributed by atoms with Gasteiger partial charge < -0.3 is 15.2 Å². The molecule has 0 aliphatic rings. The van der Waals surface area contributed by atoms with Crippen molar-refractivity contribution in [3.05, 3.63) is 23.9 Å². The van der Waals surface area contributed by atoms with Crippen LogP contribution in [0, 0.1) is 5.92 Å². The summed E-state index contributed by atoms with van der Waals surface area (Å²) >= 11 is 0. The third kappa shape index (κ3) is 6.11. The lowest BCUT2D eigenvalue weighted by molar-refractivity contribution is -0.154. The van der Waals surface area contributed by atoms with Crippen molar-refractivity contribution in [3.63, 3.8) is 0 Å². The lowest BCUT2D eigenvalue weighted by atomic mass is 10.2. The highest BCUT2D eigenvalue weighted by molar-refractivity contribution is 5.94. The van der Waals surface area contributed by atoms with Gasteiger partial charge in [0.2, 0.25) is 5.88 Å². The minimum absolute atomic E-state index is 0.0276. The van der Waals surface area contributed by atoms with Crippen LogP contribution >= 0.6 is 0 Å². The first-order chi connectivity index (χ1) is 9.69. The Labute approximate surface area is 117 Å². The normalized spacial score (nSPS) is 12.6. The van der Waals surface area contributed by atoms with E-state index in [1.165, 1.54) is 13.0 Å². The molecular formula is C12H13F3N2O4. The van der Waals surface area contributed by atoms with Gasteiger partial charge in [0.1, 0.15) is 0 Å². The van der Waals surface area contributed by atoms with Crippen molar-refractivity contribution in [1.82, 2.24) is 10.3 Å². The molecule has 0 saturated heterocycles.